The average molecular weight is 419 g/mol. The number of hydrogen-bond acceptors (Lipinski definition) is 4. The van der Waals surface area contributed by atoms with E-state index in [9.17, 15) is 14.4 Å². The Kier molecular flexibility index (Phi) is 5.51. The summed E-state index contributed by atoms with van der Waals surface area (Å²) in [4.78, 5) is 42.2. The van der Waals surface area contributed by atoms with Crippen LogP contribution < -0.4 is 15.8 Å². The fourth-order valence-corrected chi connectivity index (χ4v) is 3.33. The smallest absolute Gasteiger partial charge is 0.256 e. The van der Waals surface area contributed by atoms with Crippen LogP contribution in [0, 0.1) is 12.8 Å². The van der Waals surface area contributed by atoms with Gasteiger partial charge in [0, 0.05) is 48.0 Å². The normalized spacial score (nSPS) is 16.8. The molecule has 1 aromatic heterocycles. The van der Waals surface area contributed by atoms with Crippen LogP contribution in [0.5, 0.6) is 0 Å². The summed E-state index contributed by atoms with van der Waals surface area (Å²) in [6.07, 6.45) is 3.15. The minimum atomic E-state index is -0.395. The second-order valence-corrected chi connectivity index (χ2v) is 7.17. The Balaban J connectivity index is 1.56. The molecular weight excluding hydrogens is 400 g/mol. The van der Waals surface area contributed by atoms with E-state index in [1.54, 1.807) is 11.8 Å². The van der Waals surface area contributed by atoms with Gasteiger partial charge < -0.3 is 10.2 Å². The van der Waals surface area contributed by atoms with Crippen molar-refractivity contribution >= 4 is 33.4 Å². The lowest BCUT2D eigenvalue weighted by atomic mass is 10.1. The highest BCUT2D eigenvalue weighted by Crippen LogP contribution is 2.27. The molecule has 0 aliphatic carbocycles. The van der Waals surface area contributed by atoms with E-state index in [2.05, 4.69) is 26.2 Å². The summed E-state index contributed by atoms with van der Waals surface area (Å²) in [7, 11) is 0. The molecule has 1 saturated heterocycles. The highest BCUT2D eigenvalue weighted by atomic mass is 79.9. The fourth-order valence-electron chi connectivity index (χ4n) is 2.94. The van der Waals surface area contributed by atoms with E-state index in [4.69, 9.17) is 0 Å². The third kappa shape index (κ3) is 4.01. The first-order valence-corrected chi connectivity index (χ1v) is 9.09. The Morgan fingerprint density at radius 3 is 2.96 bits per heavy atom. The molecule has 0 radical (unpaired) electrons. The number of benzene rings is 1. The summed E-state index contributed by atoms with van der Waals surface area (Å²) in [6.45, 7) is 2.71. The Bertz CT molecular complexity index is 896. The number of nitrogens with one attached hydrogen (secondary N) is 1. The maximum Gasteiger partial charge on any atom is 0.256 e. The van der Waals surface area contributed by atoms with Crippen LogP contribution in [0.1, 0.15) is 12.0 Å². The Hall–Kier alpha value is -2.48. The lowest BCUT2D eigenvalue weighted by molar-refractivity contribution is -0.126. The van der Waals surface area contributed by atoms with Gasteiger partial charge in [-0.2, -0.15) is 0 Å². The van der Waals surface area contributed by atoms with Gasteiger partial charge in [-0.05, 0) is 25.1 Å². The van der Waals surface area contributed by atoms with Gasteiger partial charge in [0.1, 0.15) is 0 Å². The zero-order chi connectivity index (χ0) is 18.7. The highest BCUT2D eigenvalue weighted by molar-refractivity contribution is 9.10. The predicted molar refractivity (Wildman–Crippen MR) is 101 cm³/mol. The Morgan fingerprint density at radius 1 is 1.38 bits per heavy atom. The number of carbonyl (C=O) groups is 2. The summed E-state index contributed by atoms with van der Waals surface area (Å²) in [5, 5.41) is 2.81. The van der Waals surface area contributed by atoms with E-state index in [-0.39, 0.29) is 23.8 Å². The van der Waals surface area contributed by atoms with Gasteiger partial charge in [0.15, 0.2) is 0 Å². The molecule has 3 rings (SSSR count). The SMILES string of the molecule is Cc1cncn(CCNC(=O)C2CC(=O)N(c3cccc(Br)c3)C2)c1=O. The van der Waals surface area contributed by atoms with Crippen molar-refractivity contribution in [2.45, 2.75) is 19.9 Å². The monoisotopic (exact) mass is 418 g/mol. The second kappa shape index (κ2) is 7.82. The van der Waals surface area contributed by atoms with E-state index >= 15 is 0 Å². The van der Waals surface area contributed by atoms with E-state index in [1.807, 2.05) is 24.3 Å². The van der Waals surface area contributed by atoms with Crippen molar-refractivity contribution in [3.05, 3.63) is 57.2 Å². The minimum absolute atomic E-state index is 0.0673. The first-order chi connectivity index (χ1) is 12.5. The maximum atomic E-state index is 12.4. The van der Waals surface area contributed by atoms with Gasteiger partial charge in [-0.3, -0.25) is 19.0 Å². The first kappa shape index (κ1) is 18.3. The molecule has 2 aromatic rings. The van der Waals surface area contributed by atoms with Crippen LogP contribution in [-0.2, 0) is 16.1 Å². The predicted octanol–water partition coefficient (Wildman–Crippen LogP) is 1.48. The number of anilines is 1. The number of rotatable bonds is 5. The third-order valence-electron chi connectivity index (χ3n) is 4.34. The van der Waals surface area contributed by atoms with Crippen LogP contribution in [0.3, 0.4) is 0 Å². The second-order valence-electron chi connectivity index (χ2n) is 6.25. The largest absolute Gasteiger partial charge is 0.354 e. The quantitative estimate of drug-likeness (QED) is 0.796. The average Bonchev–Trinajstić information content (AvgIpc) is 3.00. The van der Waals surface area contributed by atoms with Gasteiger partial charge in [-0.25, -0.2) is 4.98 Å². The van der Waals surface area contributed by atoms with Crippen LogP contribution in [-0.4, -0.2) is 34.5 Å². The molecule has 1 unspecified atom stereocenters. The van der Waals surface area contributed by atoms with Gasteiger partial charge in [-0.15, -0.1) is 0 Å². The molecule has 7 nitrogen and oxygen atoms in total. The van der Waals surface area contributed by atoms with Crippen molar-refractivity contribution in [3.8, 4) is 0 Å². The molecule has 1 atom stereocenters. The van der Waals surface area contributed by atoms with Crippen molar-refractivity contribution in [2.75, 3.05) is 18.0 Å². The third-order valence-corrected chi connectivity index (χ3v) is 4.83. The standard InChI is InChI=1S/C18H19BrN4O3/c1-12-9-20-11-22(18(12)26)6-5-21-17(25)13-7-16(24)23(10-13)15-4-2-3-14(19)8-15/h2-4,8-9,11,13H,5-7,10H2,1H3,(H,21,25). The molecule has 0 bridgehead atoms. The summed E-state index contributed by atoms with van der Waals surface area (Å²) < 4.78 is 2.34. The molecule has 1 aliphatic rings. The van der Waals surface area contributed by atoms with Crippen LogP contribution in [0.2, 0.25) is 0 Å². The summed E-state index contributed by atoms with van der Waals surface area (Å²) in [5.41, 5.74) is 1.22. The highest BCUT2D eigenvalue weighted by Gasteiger charge is 2.34. The number of aromatic nitrogens is 2. The maximum absolute atomic E-state index is 12.4. The molecule has 1 aliphatic heterocycles. The number of hydrogen-bond donors (Lipinski definition) is 1. The molecule has 1 fully saturated rings. The molecule has 2 heterocycles. The lowest BCUT2D eigenvalue weighted by Gasteiger charge is -2.17. The zero-order valence-corrected chi connectivity index (χ0v) is 15.9. The lowest BCUT2D eigenvalue weighted by Crippen LogP contribution is -2.36. The molecule has 26 heavy (non-hydrogen) atoms. The van der Waals surface area contributed by atoms with E-state index in [0.29, 0.717) is 25.2 Å². The van der Waals surface area contributed by atoms with Crippen LogP contribution >= 0.6 is 15.9 Å². The number of carbonyl (C=O) groups excluding carboxylic acids is 2. The van der Waals surface area contributed by atoms with E-state index in [0.717, 1.165) is 10.2 Å². The number of nitrogens with zero attached hydrogens (tertiary/aromatic N) is 3. The van der Waals surface area contributed by atoms with Gasteiger partial charge >= 0.3 is 0 Å². The number of aryl methyl sites for hydroxylation is 1. The summed E-state index contributed by atoms with van der Waals surface area (Å²) in [6, 6.07) is 7.44. The zero-order valence-electron chi connectivity index (χ0n) is 14.3. The van der Waals surface area contributed by atoms with Crippen molar-refractivity contribution in [3.63, 3.8) is 0 Å². The molecule has 136 valence electrons. The van der Waals surface area contributed by atoms with Crippen molar-refractivity contribution in [2.24, 2.45) is 5.92 Å². The fraction of sp³-hybridized carbons (Fsp3) is 0.333. The van der Waals surface area contributed by atoms with Crippen LogP contribution in [0.25, 0.3) is 0 Å². The van der Waals surface area contributed by atoms with Gasteiger partial charge in [0.05, 0.1) is 12.2 Å². The van der Waals surface area contributed by atoms with Crippen molar-refractivity contribution in [1.82, 2.24) is 14.9 Å². The topological polar surface area (TPSA) is 84.3 Å². The van der Waals surface area contributed by atoms with Crippen LogP contribution in [0.4, 0.5) is 5.69 Å². The van der Waals surface area contributed by atoms with Crippen molar-refractivity contribution < 1.29 is 9.59 Å². The minimum Gasteiger partial charge on any atom is -0.354 e. The van der Waals surface area contributed by atoms with Gasteiger partial charge in [0.2, 0.25) is 11.8 Å². The Morgan fingerprint density at radius 2 is 2.19 bits per heavy atom. The molecule has 0 spiro atoms. The molecule has 2 amide bonds. The van der Waals surface area contributed by atoms with Gasteiger partial charge in [-0.1, -0.05) is 22.0 Å². The summed E-state index contributed by atoms with van der Waals surface area (Å²) >= 11 is 3.39. The number of halogens is 1. The molecular formula is C18H19BrN4O3. The number of amides is 2. The van der Waals surface area contributed by atoms with Crippen molar-refractivity contribution in [1.29, 1.82) is 0 Å². The van der Waals surface area contributed by atoms with Crippen LogP contribution in [0.15, 0.2) is 46.1 Å². The summed E-state index contributed by atoms with van der Waals surface area (Å²) in [5.74, 6) is -0.638. The molecule has 8 heteroatoms. The molecule has 1 aromatic carbocycles. The molecule has 0 saturated carbocycles. The first-order valence-electron chi connectivity index (χ1n) is 8.30. The van der Waals surface area contributed by atoms with E-state index < -0.39 is 5.92 Å². The molecule has 1 N–H and O–H groups in total. The van der Waals surface area contributed by atoms with E-state index in [1.165, 1.54) is 17.1 Å². The Labute approximate surface area is 159 Å². The van der Waals surface area contributed by atoms with Gasteiger partial charge in [0.25, 0.3) is 5.56 Å².